The van der Waals surface area contributed by atoms with Crippen LogP contribution in [0.5, 0.6) is 5.75 Å². The number of hydrogen-bond donors (Lipinski definition) is 1. The van der Waals surface area contributed by atoms with Crippen molar-refractivity contribution in [2.45, 2.75) is 122 Å². The van der Waals surface area contributed by atoms with E-state index in [2.05, 4.69) is 95.8 Å². The van der Waals surface area contributed by atoms with E-state index >= 15 is 0 Å². The Morgan fingerprint density at radius 3 is 2.11 bits per heavy atom. The zero-order chi connectivity index (χ0) is 39.0. The first kappa shape index (κ1) is 40.8. The van der Waals surface area contributed by atoms with E-state index in [9.17, 15) is 4.79 Å². The number of fused-ring (bicyclic) bond motifs is 4. The lowest BCUT2D eigenvalue weighted by Gasteiger charge is -2.44. The number of aromatic nitrogens is 2. The van der Waals surface area contributed by atoms with Crippen LogP contribution in [0, 0.1) is 5.92 Å². The van der Waals surface area contributed by atoms with Crippen LogP contribution >= 0.6 is 15.9 Å². The molecule has 1 N–H and O–H groups in total. The Bertz CT molecular complexity index is 1790. The van der Waals surface area contributed by atoms with Crippen LogP contribution in [0.4, 0.5) is 10.6 Å². The molecule has 0 aliphatic carbocycles. The number of amides is 1. The third-order valence-electron chi connectivity index (χ3n) is 10.7. The highest BCUT2D eigenvalue weighted by Gasteiger charge is 2.48. The predicted molar refractivity (Wildman–Crippen MR) is 229 cm³/mol. The number of piperidine rings is 1. The number of nitrogens with zero attached hydrogens (tertiary/aromatic N) is 4. The fourth-order valence-corrected chi connectivity index (χ4v) is 10.2. The minimum atomic E-state index is -1.28. The van der Waals surface area contributed by atoms with Gasteiger partial charge in [0.25, 0.3) is 0 Å². The Morgan fingerprint density at radius 2 is 1.54 bits per heavy atom. The number of benzene rings is 2. The van der Waals surface area contributed by atoms with Crippen molar-refractivity contribution in [2.75, 3.05) is 39.1 Å². The molecule has 1 amide bonds. The topological polar surface area (TPSA) is 90.3 Å². The summed E-state index contributed by atoms with van der Waals surface area (Å²) in [5.41, 5.74) is 1.57. The Balaban J connectivity index is 1.37. The van der Waals surface area contributed by atoms with Crippen molar-refractivity contribution >= 4 is 60.6 Å². The van der Waals surface area contributed by atoms with Gasteiger partial charge in [0.15, 0.2) is 0 Å². The van der Waals surface area contributed by atoms with Crippen LogP contribution in [0.3, 0.4) is 0 Å². The van der Waals surface area contributed by atoms with E-state index in [1.165, 1.54) is 0 Å². The van der Waals surface area contributed by atoms with Gasteiger partial charge < -0.3 is 34.1 Å². The second kappa shape index (κ2) is 16.3. The van der Waals surface area contributed by atoms with E-state index in [1.54, 1.807) is 7.11 Å². The first-order valence-electron chi connectivity index (χ1n) is 19.7. The van der Waals surface area contributed by atoms with E-state index < -0.39 is 21.7 Å². The molecule has 3 aliphatic rings. The molecule has 2 bridgehead atoms. The summed E-state index contributed by atoms with van der Waals surface area (Å²) in [4.78, 5) is 17.7. The van der Waals surface area contributed by atoms with E-state index in [0.29, 0.717) is 26.7 Å². The Labute approximate surface area is 333 Å². The number of methoxy groups -OCH3 is 1. The maximum Gasteiger partial charge on any atom is 0.410 e. The summed E-state index contributed by atoms with van der Waals surface area (Å²) in [6.45, 7) is 22.3. The summed E-state index contributed by atoms with van der Waals surface area (Å²) in [6, 6.07) is 15.1. The number of ether oxygens (including phenoxy) is 4. The van der Waals surface area contributed by atoms with Gasteiger partial charge in [0.1, 0.15) is 36.5 Å². The molecular weight excluding hydrogens is 779 g/mol. The summed E-state index contributed by atoms with van der Waals surface area (Å²) >= 11 is 4.16. The lowest BCUT2D eigenvalue weighted by Crippen LogP contribution is -2.52. The molecule has 0 radical (unpaired) electrons. The van der Waals surface area contributed by atoms with Gasteiger partial charge in [-0.05, 0) is 115 Å². The third-order valence-corrected chi connectivity index (χ3v) is 15.0. The largest absolute Gasteiger partial charge is 0.497 e. The van der Waals surface area contributed by atoms with Crippen molar-refractivity contribution in [3.63, 3.8) is 0 Å². The number of halogens is 1. The predicted octanol–water partition coefficient (Wildman–Crippen LogP) is 10.1. The van der Waals surface area contributed by atoms with E-state index in [1.807, 2.05) is 42.6 Å². The first-order valence-corrected chi connectivity index (χ1v) is 27.9. The standard InChI is InChI=1S/C41H62BrN5O5Si2/c1-41(2,3)52-40(48)46-32-14-15-33(46)23-31(22-32)37-36(42)39(45(26-50-17-19-53(5,6)7)27-51-18-20-54(8,9)10)47-38(44-37)35(25-43-47)29-12-11-28-13-16-34(49-4)24-30(28)21-29/h11-13,16,21,24-25,31-33,37,44H,14-15,17-20,22-23,26-27H2,1-10H3/t31-,32+,33-,37-/m1/s1. The van der Waals surface area contributed by atoms with Crippen LogP contribution in [-0.4, -0.2) is 99.3 Å². The minimum absolute atomic E-state index is 0.0427. The molecule has 4 atom stereocenters. The van der Waals surface area contributed by atoms with Gasteiger partial charge in [-0.2, -0.15) is 9.78 Å². The van der Waals surface area contributed by atoms with Gasteiger partial charge in [-0.1, -0.05) is 57.5 Å². The molecule has 0 unspecified atom stereocenters. The normalized spacial score (nSPS) is 21.6. The number of hydrogen-bond acceptors (Lipinski definition) is 8. The second-order valence-electron chi connectivity index (χ2n) is 18.8. The number of carbonyl (C=O) groups excluding carboxylic acids is 1. The summed E-state index contributed by atoms with van der Waals surface area (Å²) < 4.78 is 27.4. The SMILES string of the molecule is COc1ccc2ccc(-c3cnn4c3N[C@H]([C@H]3C[C@H]5CC[C@@H](C3)N5C(=O)OC(C)(C)C)C(Br)=C4N(COCC[Si](C)(C)C)COCC[Si](C)(C)C)cc2c1. The molecule has 3 aromatic rings. The average Bonchev–Trinajstić information content (AvgIpc) is 3.62. The maximum atomic E-state index is 13.4. The summed E-state index contributed by atoms with van der Waals surface area (Å²) in [7, 11) is -0.865. The fraction of sp³-hybridized carbons (Fsp3) is 0.610. The van der Waals surface area contributed by atoms with Crippen molar-refractivity contribution in [1.82, 2.24) is 19.6 Å². The number of nitrogens with one attached hydrogen (secondary N) is 1. The van der Waals surface area contributed by atoms with Crippen LogP contribution in [0.25, 0.3) is 27.7 Å². The average molecular weight is 841 g/mol. The van der Waals surface area contributed by atoms with Crippen molar-refractivity contribution in [3.8, 4) is 16.9 Å². The Kier molecular flexibility index (Phi) is 12.3. The highest BCUT2D eigenvalue weighted by molar-refractivity contribution is 9.11. The van der Waals surface area contributed by atoms with Gasteiger partial charge in [0, 0.05) is 47.0 Å². The molecule has 3 aliphatic heterocycles. The minimum Gasteiger partial charge on any atom is -0.497 e. The highest BCUT2D eigenvalue weighted by atomic mass is 79.9. The summed E-state index contributed by atoms with van der Waals surface area (Å²) in [5.74, 6) is 2.97. The maximum absolute atomic E-state index is 13.4. The molecule has 296 valence electrons. The zero-order valence-electron chi connectivity index (χ0n) is 34.1. The molecule has 10 nitrogen and oxygen atoms in total. The molecule has 13 heteroatoms. The molecule has 2 aromatic carbocycles. The van der Waals surface area contributed by atoms with Gasteiger partial charge in [0.05, 0.1) is 23.8 Å². The molecular formula is C41H62BrN5O5Si2. The van der Waals surface area contributed by atoms with Crippen LogP contribution in [0.1, 0.15) is 46.5 Å². The first-order chi connectivity index (χ1) is 25.4. The van der Waals surface area contributed by atoms with Crippen LogP contribution in [0.2, 0.25) is 51.4 Å². The van der Waals surface area contributed by atoms with Crippen LogP contribution < -0.4 is 10.1 Å². The Hall–Kier alpha value is -2.85. The summed E-state index contributed by atoms with van der Waals surface area (Å²) in [6.07, 6.45) is 5.53. The van der Waals surface area contributed by atoms with Crippen molar-refractivity contribution < 1.29 is 23.7 Å². The number of anilines is 1. The third kappa shape index (κ3) is 9.74. The molecule has 1 aromatic heterocycles. The lowest BCUT2D eigenvalue weighted by atomic mass is 9.84. The summed E-state index contributed by atoms with van der Waals surface area (Å²) in [5, 5.41) is 11.3. The molecule has 2 fully saturated rings. The molecule has 0 spiro atoms. The molecule has 6 rings (SSSR count). The van der Waals surface area contributed by atoms with Gasteiger partial charge in [-0.25, -0.2) is 4.79 Å². The highest BCUT2D eigenvalue weighted by Crippen LogP contribution is 2.47. The van der Waals surface area contributed by atoms with Gasteiger partial charge >= 0.3 is 6.09 Å². The van der Waals surface area contributed by atoms with Gasteiger partial charge in [0.2, 0.25) is 0 Å². The molecule has 0 saturated carbocycles. The zero-order valence-corrected chi connectivity index (χ0v) is 37.7. The van der Waals surface area contributed by atoms with Gasteiger partial charge in [-0.15, -0.1) is 0 Å². The number of rotatable bonds is 14. The van der Waals surface area contributed by atoms with E-state index in [-0.39, 0.29) is 30.1 Å². The molecule has 2 saturated heterocycles. The van der Waals surface area contributed by atoms with Crippen LogP contribution in [-0.2, 0) is 14.2 Å². The quantitative estimate of drug-likeness (QED) is 0.0975. The van der Waals surface area contributed by atoms with Crippen molar-refractivity contribution in [3.05, 3.63) is 47.1 Å². The van der Waals surface area contributed by atoms with Gasteiger partial charge in [-0.3, -0.25) is 0 Å². The monoisotopic (exact) mass is 839 g/mol. The molecule has 54 heavy (non-hydrogen) atoms. The van der Waals surface area contributed by atoms with Crippen LogP contribution in [0.15, 0.2) is 47.1 Å². The van der Waals surface area contributed by atoms with Crippen molar-refractivity contribution in [2.24, 2.45) is 5.92 Å². The lowest BCUT2D eigenvalue weighted by molar-refractivity contribution is -0.0102. The second-order valence-corrected chi connectivity index (χ2v) is 30.9. The Morgan fingerprint density at radius 1 is 0.926 bits per heavy atom. The number of carbonyl (C=O) groups is 1. The van der Waals surface area contributed by atoms with E-state index in [0.717, 1.165) is 81.5 Å². The van der Waals surface area contributed by atoms with Crippen molar-refractivity contribution in [1.29, 1.82) is 0 Å². The smallest absolute Gasteiger partial charge is 0.410 e. The fourth-order valence-electron chi connectivity index (χ4n) is 7.81. The molecule has 4 heterocycles. The van der Waals surface area contributed by atoms with E-state index in [4.69, 9.17) is 24.0 Å².